The van der Waals surface area contributed by atoms with Crippen LogP contribution in [0, 0.1) is 0 Å². The van der Waals surface area contributed by atoms with Crippen LogP contribution in [0.25, 0.3) is 0 Å². The molecule has 0 bridgehead atoms. The summed E-state index contributed by atoms with van der Waals surface area (Å²) in [5, 5.41) is 0. The minimum atomic E-state index is -0.354. The van der Waals surface area contributed by atoms with Crippen molar-refractivity contribution in [1.29, 1.82) is 0 Å². The first-order valence-corrected chi connectivity index (χ1v) is 5.99. The van der Waals surface area contributed by atoms with Crippen molar-refractivity contribution in [3.05, 3.63) is 11.6 Å². The molecule has 1 aliphatic rings. The van der Waals surface area contributed by atoms with E-state index in [0.29, 0.717) is 6.42 Å². The van der Waals surface area contributed by atoms with Crippen molar-refractivity contribution in [1.82, 2.24) is 0 Å². The van der Waals surface area contributed by atoms with Gasteiger partial charge in [0.05, 0.1) is 0 Å². The second-order valence-corrected chi connectivity index (χ2v) is 4.48. The van der Waals surface area contributed by atoms with Crippen LogP contribution in [-0.4, -0.2) is 24.1 Å². The molecule has 0 aromatic heterocycles. The van der Waals surface area contributed by atoms with Crippen LogP contribution in [0.4, 0.5) is 0 Å². The molecule has 0 fully saturated rings. The Kier molecular flexibility index (Phi) is 5.19. The topological polar surface area (TPSA) is 52.6 Å². The average molecular weight is 240 g/mol. The summed E-state index contributed by atoms with van der Waals surface area (Å²) in [6.45, 7) is 4.77. The summed E-state index contributed by atoms with van der Waals surface area (Å²) in [6.07, 6.45) is 4.77. The number of carbonyl (C=O) groups excluding carboxylic acids is 2. The minimum Gasteiger partial charge on any atom is -0.459 e. The Morgan fingerprint density at radius 2 is 1.76 bits per heavy atom. The molecule has 0 aromatic rings. The van der Waals surface area contributed by atoms with E-state index in [0.717, 1.165) is 19.3 Å². The van der Waals surface area contributed by atoms with E-state index in [4.69, 9.17) is 9.47 Å². The average Bonchev–Trinajstić information content (AvgIpc) is 2.18. The normalized spacial score (nSPS) is 25.2. The predicted octanol–water partition coefficient (Wildman–Crippen LogP) is 2.37. The summed E-state index contributed by atoms with van der Waals surface area (Å²) in [4.78, 5) is 22.1. The lowest BCUT2D eigenvalue weighted by Gasteiger charge is -2.28. The summed E-state index contributed by atoms with van der Waals surface area (Å²) in [7, 11) is 0. The third kappa shape index (κ3) is 5.02. The van der Waals surface area contributed by atoms with Gasteiger partial charge in [0.1, 0.15) is 12.2 Å². The zero-order valence-electron chi connectivity index (χ0n) is 10.7. The van der Waals surface area contributed by atoms with Gasteiger partial charge in [-0.15, -0.1) is 0 Å². The zero-order chi connectivity index (χ0) is 12.8. The highest BCUT2D eigenvalue weighted by atomic mass is 16.6. The van der Waals surface area contributed by atoms with Crippen molar-refractivity contribution < 1.29 is 19.1 Å². The van der Waals surface area contributed by atoms with E-state index in [2.05, 4.69) is 6.08 Å². The molecule has 0 saturated heterocycles. The highest BCUT2D eigenvalue weighted by Crippen LogP contribution is 2.23. The van der Waals surface area contributed by atoms with Gasteiger partial charge in [-0.25, -0.2) is 0 Å². The maximum absolute atomic E-state index is 11.1. The molecule has 0 radical (unpaired) electrons. The Bertz CT molecular complexity index is 319. The van der Waals surface area contributed by atoms with Crippen molar-refractivity contribution in [3.8, 4) is 0 Å². The Labute approximate surface area is 102 Å². The van der Waals surface area contributed by atoms with Crippen LogP contribution in [-0.2, 0) is 19.1 Å². The van der Waals surface area contributed by atoms with Gasteiger partial charge in [-0.3, -0.25) is 9.59 Å². The van der Waals surface area contributed by atoms with E-state index >= 15 is 0 Å². The van der Waals surface area contributed by atoms with Gasteiger partial charge in [0.25, 0.3) is 0 Å². The molecule has 1 aliphatic carbocycles. The Balaban J connectivity index is 2.76. The minimum absolute atomic E-state index is 0.319. The van der Waals surface area contributed by atoms with Crippen molar-refractivity contribution in [2.45, 2.75) is 58.7 Å². The van der Waals surface area contributed by atoms with Gasteiger partial charge in [0, 0.05) is 20.3 Å². The molecule has 0 amide bonds. The van der Waals surface area contributed by atoms with Crippen molar-refractivity contribution >= 4 is 11.9 Å². The molecule has 0 N–H and O–H groups in total. The number of allylic oxidation sites excluding steroid dienone is 1. The van der Waals surface area contributed by atoms with Gasteiger partial charge >= 0.3 is 11.9 Å². The van der Waals surface area contributed by atoms with Gasteiger partial charge in [-0.05, 0) is 26.2 Å². The van der Waals surface area contributed by atoms with Crippen LogP contribution >= 0.6 is 0 Å². The predicted molar refractivity (Wildman–Crippen MR) is 63.3 cm³/mol. The van der Waals surface area contributed by atoms with Gasteiger partial charge < -0.3 is 9.47 Å². The summed E-state index contributed by atoms with van der Waals surface area (Å²) >= 11 is 0. The quantitative estimate of drug-likeness (QED) is 0.549. The molecule has 0 aliphatic heterocycles. The van der Waals surface area contributed by atoms with Crippen molar-refractivity contribution in [2.75, 3.05) is 0 Å². The second kappa shape index (κ2) is 6.42. The van der Waals surface area contributed by atoms with Gasteiger partial charge in [-0.2, -0.15) is 0 Å². The Hall–Kier alpha value is -1.32. The molecule has 17 heavy (non-hydrogen) atoms. The maximum atomic E-state index is 11.1. The van der Waals surface area contributed by atoms with E-state index in [9.17, 15) is 9.59 Å². The van der Waals surface area contributed by atoms with Crippen molar-refractivity contribution in [3.63, 3.8) is 0 Å². The third-order valence-electron chi connectivity index (χ3n) is 2.76. The highest BCUT2D eigenvalue weighted by molar-refractivity contribution is 5.67. The summed E-state index contributed by atoms with van der Waals surface area (Å²) in [5.74, 6) is -0.658. The molecule has 0 saturated carbocycles. The van der Waals surface area contributed by atoms with E-state index in [1.54, 1.807) is 0 Å². The molecule has 0 heterocycles. The van der Waals surface area contributed by atoms with Crippen LogP contribution in [0.5, 0.6) is 0 Å². The largest absolute Gasteiger partial charge is 0.459 e. The molecule has 0 aromatic carbocycles. The molecular weight excluding hydrogens is 220 g/mol. The molecule has 0 spiro atoms. The lowest BCUT2D eigenvalue weighted by Crippen LogP contribution is -2.35. The van der Waals surface area contributed by atoms with Crippen LogP contribution in [0.3, 0.4) is 0 Å². The molecule has 4 heteroatoms. The Morgan fingerprint density at radius 1 is 1.18 bits per heavy atom. The van der Waals surface area contributed by atoms with E-state index in [-0.39, 0.29) is 24.1 Å². The van der Waals surface area contributed by atoms with E-state index in [1.165, 1.54) is 19.4 Å². The number of ether oxygens (including phenoxy) is 2. The molecule has 2 unspecified atom stereocenters. The molecule has 1 rings (SSSR count). The van der Waals surface area contributed by atoms with Crippen LogP contribution in [0.1, 0.15) is 46.5 Å². The fraction of sp³-hybridized carbons (Fsp3) is 0.692. The summed E-state index contributed by atoms with van der Waals surface area (Å²) < 4.78 is 10.5. The SMILES string of the molecule is CC(=O)OC1CCCC=C(C)CC1OC(C)=O. The number of esters is 2. The fourth-order valence-electron chi connectivity index (χ4n) is 2.06. The van der Waals surface area contributed by atoms with Crippen LogP contribution in [0.15, 0.2) is 11.6 Å². The highest BCUT2D eigenvalue weighted by Gasteiger charge is 2.27. The Morgan fingerprint density at radius 3 is 2.35 bits per heavy atom. The van der Waals surface area contributed by atoms with Crippen LogP contribution < -0.4 is 0 Å². The van der Waals surface area contributed by atoms with E-state index < -0.39 is 0 Å². The first kappa shape index (κ1) is 13.7. The maximum Gasteiger partial charge on any atom is 0.303 e. The molecule has 96 valence electrons. The zero-order valence-corrected chi connectivity index (χ0v) is 10.7. The smallest absolute Gasteiger partial charge is 0.303 e. The van der Waals surface area contributed by atoms with Gasteiger partial charge in [-0.1, -0.05) is 11.6 Å². The summed E-state index contributed by atoms with van der Waals surface area (Å²) in [5.41, 5.74) is 1.17. The van der Waals surface area contributed by atoms with Crippen molar-refractivity contribution in [2.24, 2.45) is 0 Å². The molecule has 4 nitrogen and oxygen atoms in total. The number of hydrogen-bond donors (Lipinski definition) is 0. The first-order chi connectivity index (χ1) is 7.99. The summed E-state index contributed by atoms with van der Waals surface area (Å²) in [6, 6.07) is 0. The van der Waals surface area contributed by atoms with Crippen LogP contribution in [0.2, 0.25) is 0 Å². The number of hydrogen-bond acceptors (Lipinski definition) is 4. The monoisotopic (exact) mass is 240 g/mol. The molecule has 2 atom stereocenters. The second-order valence-electron chi connectivity index (χ2n) is 4.48. The van der Waals surface area contributed by atoms with E-state index in [1.807, 2.05) is 6.92 Å². The number of carbonyl (C=O) groups is 2. The van der Waals surface area contributed by atoms with Gasteiger partial charge in [0.15, 0.2) is 0 Å². The van der Waals surface area contributed by atoms with Gasteiger partial charge in [0.2, 0.25) is 0 Å². The fourth-order valence-corrected chi connectivity index (χ4v) is 2.06. The number of rotatable bonds is 2. The lowest BCUT2D eigenvalue weighted by atomic mass is 9.96. The first-order valence-electron chi connectivity index (χ1n) is 5.99. The lowest BCUT2D eigenvalue weighted by molar-refractivity contribution is -0.166. The third-order valence-corrected chi connectivity index (χ3v) is 2.76. The molecular formula is C13H20O4. The standard InChI is InChI=1S/C13H20O4/c1-9-6-4-5-7-12(16-10(2)14)13(8-9)17-11(3)15/h6,12-13H,4-5,7-8H2,1-3H3.